The van der Waals surface area contributed by atoms with Crippen molar-refractivity contribution >= 4 is 23.5 Å². The van der Waals surface area contributed by atoms with E-state index in [0.717, 1.165) is 45.1 Å². The third kappa shape index (κ3) is 6.71. The van der Waals surface area contributed by atoms with Crippen LogP contribution in [0.4, 0.5) is 5.95 Å². The number of benzene rings is 1. The number of hydrogen-bond donors (Lipinski definition) is 1. The molecule has 1 fully saturated rings. The predicted molar refractivity (Wildman–Crippen MR) is 126 cm³/mol. The van der Waals surface area contributed by atoms with Crippen molar-refractivity contribution in [2.24, 2.45) is 5.92 Å². The van der Waals surface area contributed by atoms with Crippen LogP contribution in [0.2, 0.25) is 5.02 Å². The number of piperazine rings is 1. The maximum Gasteiger partial charge on any atom is 0.251 e. The second-order valence-electron chi connectivity index (χ2n) is 8.18. The number of ether oxygens (including phenoxy) is 2. The molecule has 9 heteroatoms. The van der Waals surface area contributed by atoms with E-state index in [1.807, 2.05) is 6.07 Å². The number of carbonyl (C=O) groups is 1. The van der Waals surface area contributed by atoms with Crippen molar-refractivity contribution in [3.05, 3.63) is 41.2 Å². The van der Waals surface area contributed by atoms with Gasteiger partial charge >= 0.3 is 0 Å². The van der Waals surface area contributed by atoms with Gasteiger partial charge in [-0.2, -0.15) is 0 Å². The Balaban J connectivity index is 1.43. The highest BCUT2D eigenvalue weighted by Gasteiger charge is 2.19. The Bertz CT molecular complexity index is 873. The molecule has 1 amide bonds. The molecule has 0 radical (unpaired) electrons. The zero-order chi connectivity index (χ0) is 22.9. The summed E-state index contributed by atoms with van der Waals surface area (Å²) in [7, 11) is 1.54. The molecule has 2 heterocycles. The Labute approximate surface area is 194 Å². The lowest BCUT2D eigenvalue weighted by Crippen LogP contribution is -2.47. The average molecular weight is 462 g/mol. The first-order chi connectivity index (χ1) is 15.5. The highest BCUT2D eigenvalue weighted by molar-refractivity contribution is 6.32. The van der Waals surface area contributed by atoms with Gasteiger partial charge in [-0.05, 0) is 37.1 Å². The molecule has 174 valence electrons. The van der Waals surface area contributed by atoms with Crippen molar-refractivity contribution < 1.29 is 14.3 Å². The Kier molecular flexibility index (Phi) is 8.93. The van der Waals surface area contributed by atoms with Crippen molar-refractivity contribution in [2.45, 2.75) is 20.3 Å². The van der Waals surface area contributed by atoms with E-state index in [0.29, 0.717) is 41.2 Å². The molecular weight excluding hydrogens is 430 g/mol. The molecule has 0 atom stereocenters. The van der Waals surface area contributed by atoms with Gasteiger partial charge < -0.3 is 19.7 Å². The minimum absolute atomic E-state index is 0.174. The summed E-state index contributed by atoms with van der Waals surface area (Å²) in [6.07, 6.45) is 4.41. The fourth-order valence-corrected chi connectivity index (χ4v) is 3.74. The van der Waals surface area contributed by atoms with Crippen LogP contribution in [0, 0.1) is 5.92 Å². The van der Waals surface area contributed by atoms with Crippen LogP contribution in [0.25, 0.3) is 0 Å². The Morgan fingerprint density at radius 3 is 2.56 bits per heavy atom. The maximum absolute atomic E-state index is 12.6. The number of nitrogens with zero attached hydrogens (tertiary/aromatic N) is 4. The lowest BCUT2D eigenvalue weighted by atomic mass is 10.1. The molecule has 0 aliphatic carbocycles. The zero-order valence-corrected chi connectivity index (χ0v) is 19.8. The van der Waals surface area contributed by atoms with Crippen LogP contribution in [0.3, 0.4) is 0 Å². The highest BCUT2D eigenvalue weighted by atomic mass is 35.5. The summed E-state index contributed by atoms with van der Waals surface area (Å²) in [4.78, 5) is 25.8. The molecule has 1 aliphatic heterocycles. The summed E-state index contributed by atoms with van der Waals surface area (Å²) in [5.41, 5.74) is 0.459. The molecule has 1 aromatic carbocycles. The van der Waals surface area contributed by atoms with Gasteiger partial charge in [-0.25, -0.2) is 9.97 Å². The molecular formula is C23H32ClN5O3. The average Bonchev–Trinajstić information content (AvgIpc) is 2.81. The van der Waals surface area contributed by atoms with Crippen LogP contribution in [-0.4, -0.2) is 73.8 Å². The molecule has 1 saturated heterocycles. The van der Waals surface area contributed by atoms with Crippen molar-refractivity contribution in [1.82, 2.24) is 20.2 Å². The number of amides is 1. The first kappa shape index (κ1) is 24.1. The molecule has 1 aliphatic rings. The lowest BCUT2D eigenvalue weighted by molar-refractivity contribution is 0.0951. The number of aromatic nitrogens is 2. The van der Waals surface area contributed by atoms with Gasteiger partial charge in [-0.15, -0.1) is 0 Å². The largest absolute Gasteiger partial charge is 0.493 e. The number of nitrogens with one attached hydrogen (secondary N) is 1. The molecule has 3 rings (SSSR count). The van der Waals surface area contributed by atoms with E-state index in [1.54, 1.807) is 31.6 Å². The van der Waals surface area contributed by atoms with Crippen LogP contribution < -0.4 is 19.7 Å². The summed E-state index contributed by atoms with van der Waals surface area (Å²) in [5, 5.41) is 3.34. The van der Waals surface area contributed by atoms with E-state index in [4.69, 9.17) is 21.1 Å². The predicted octanol–water partition coefficient (Wildman–Crippen LogP) is 3.12. The summed E-state index contributed by atoms with van der Waals surface area (Å²) >= 11 is 6.36. The second kappa shape index (κ2) is 11.9. The van der Waals surface area contributed by atoms with E-state index in [-0.39, 0.29) is 5.91 Å². The van der Waals surface area contributed by atoms with Crippen molar-refractivity contribution in [3.63, 3.8) is 0 Å². The Morgan fingerprint density at radius 2 is 1.91 bits per heavy atom. The standard InChI is InChI=1S/C23H32ClN5O3/c1-17(2)16-32-21-19(24)14-18(15-20(21)31-3)22(30)25-8-5-9-28-10-12-29(13-11-28)23-26-6-4-7-27-23/h4,6-7,14-15,17H,5,8-13,16H2,1-3H3,(H,25,30). The van der Waals surface area contributed by atoms with Crippen molar-refractivity contribution in [3.8, 4) is 11.5 Å². The van der Waals surface area contributed by atoms with E-state index >= 15 is 0 Å². The van der Waals surface area contributed by atoms with Gasteiger partial charge in [0.2, 0.25) is 5.95 Å². The van der Waals surface area contributed by atoms with Gasteiger partial charge in [-0.3, -0.25) is 9.69 Å². The molecule has 8 nitrogen and oxygen atoms in total. The molecule has 0 bridgehead atoms. The third-order valence-electron chi connectivity index (χ3n) is 5.20. The molecule has 0 spiro atoms. The summed E-state index contributed by atoms with van der Waals surface area (Å²) in [6.45, 7) is 9.86. The van der Waals surface area contributed by atoms with Gasteiger partial charge in [0.1, 0.15) is 0 Å². The smallest absolute Gasteiger partial charge is 0.251 e. The van der Waals surface area contributed by atoms with Gasteiger partial charge in [0, 0.05) is 50.7 Å². The van der Waals surface area contributed by atoms with E-state index in [1.165, 1.54) is 0 Å². The number of hydrogen-bond acceptors (Lipinski definition) is 7. The van der Waals surface area contributed by atoms with Gasteiger partial charge in [-0.1, -0.05) is 25.4 Å². The second-order valence-corrected chi connectivity index (χ2v) is 8.59. The number of rotatable bonds is 10. The van der Waals surface area contributed by atoms with Crippen LogP contribution in [-0.2, 0) is 0 Å². The topological polar surface area (TPSA) is 79.8 Å². The first-order valence-corrected chi connectivity index (χ1v) is 11.4. The molecule has 0 unspecified atom stereocenters. The molecule has 1 aromatic heterocycles. The maximum atomic E-state index is 12.6. The summed E-state index contributed by atoms with van der Waals surface area (Å²) in [5.74, 6) is 1.90. The summed E-state index contributed by atoms with van der Waals surface area (Å²) in [6, 6.07) is 5.12. The van der Waals surface area contributed by atoms with Crippen molar-refractivity contribution in [2.75, 3.05) is 57.9 Å². The minimum atomic E-state index is -0.174. The van der Waals surface area contributed by atoms with E-state index in [9.17, 15) is 4.79 Å². The third-order valence-corrected chi connectivity index (χ3v) is 5.48. The molecule has 32 heavy (non-hydrogen) atoms. The minimum Gasteiger partial charge on any atom is -0.493 e. The number of methoxy groups -OCH3 is 1. The van der Waals surface area contributed by atoms with E-state index < -0.39 is 0 Å². The van der Waals surface area contributed by atoms with Gasteiger partial charge in [0.25, 0.3) is 5.91 Å². The fraction of sp³-hybridized carbons (Fsp3) is 0.522. The fourth-order valence-electron chi connectivity index (χ4n) is 3.47. The van der Waals surface area contributed by atoms with Crippen LogP contribution >= 0.6 is 11.6 Å². The Morgan fingerprint density at radius 1 is 1.19 bits per heavy atom. The number of halogens is 1. The first-order valence-electron chi connectivity index (χ1n) is 11.0. The SMILES string of the molecule is COc1cc(C(=O)NCCCN2CCN(c3ncccn3)CC2)cc(Cl)c1OCC(C)C. The van der Waals surface area contributed by atoms with Crippen molar-refractivity contribution in [1.29, 1.82) is 0 Å². The summed E-state index contributed by atoms with van der Waals surface area (Å²) < 4.78 is 11.1. The van der Waals surface area contributed by atoms with Gasteiger partial charge in [0.05, 0.1) is 18.7 Å². The molecule has 2 aromatic rings. The molecule has 0 saturated carbocycles. The van der Waals surface area contributed by atoms with Crippen LogP contribution in [0.5, 0.6) is 11.5 Å². The van der Waals surface area contributed by atoms with Crippen LogP contribution in [0.15, 0.2) is 30.6 Å². The lowest BCUT2D eigenvalue weighted by Gasteiger charge is -2.34. The normalized spacial score (nSPS) is 14.5. The van der Waals surface area contributed by atoms with Gasteiger partial charge in [0.15, 0.2) is 11.5 Å². The highest BCUT2D eigenvalue weighted by Crippen LogP contribution is 2.36. The van der Waals surface area contributed by atoms with E-state index in [2.05, 4.69) is 38.9 Å². The Hall–Kier alpha value is -2.58. The quantitative estimate of drug-likeness (QED) is 0.544. The monoisotopic (exact) mass is 461 g/mol. The zero-order valence-electron chi connectivity index (χ0n) is 19.0. The number of anilines is 1. The van der Waals surface area contributed by atoms with Crippen LogP contribution in [0.1, 0.15) is 30.6 Å². The number of carbonyl (C=O) groups excluding carboxylic acids is 1. The molecule has 1 N–H and O–H groups in total.